The van der Waals surface area contributed by atoms with Crippen LogP contribution in [0, 0.1) is 0 Å². The Morgan fingerprint density at radius 3 is 2.79 bits per heavy atom. The number of methoxy groups -OCH3 is 2. The predicted octanol–water partition coefficient (Wildman–Crippen LogP) is 1.74. The standard InChI is InChI=1S/C12H14ClN3O3/c1-18-10-4-3-8-12(15-10)16(9(7-13)14-8)6-5-11(17)19-2/h3-4H,5-7H2,1-2H3. The lowest BCUT2D eigenvalue weighted by atomic mass is 10.4. The summed E-state index contributed by atoms with van der Waals surface area (Å²) in [6, 6.07) is 3.55. The number of carbonyl (C=O) groups excluding carboxylic acids is 1. The third-order valence-electron chi connectivity index (χ3n) is 2.74. The van der Waals surface area contributed by atoms with Crippen LogP contribution in [0.4, 0.5) is 0 Å². The maximum atomic E-state index is 11.2. The zero-order chi connectivity index (χ0) is 13.8. The van der Waals surface area contributed by atoms with E-state index in [1.54, 1.807) is 13.2 Å². The number of hydrogen-bond acceptors (Lipinski definition) is 5. The average Bonchev–Trinajstić information content (AvgIpc) is 2.81. The first-order chi connectivity index (χ1) is 9.19. The first kappa shape index (κ1) is 13.6. The van der Waals surface area contributed by atoms with Crippen LogP contribution in [0.2, 0.25) is 0 Å². The second-order valence-corrected chi connectivity index (χ2v) is 4.10. The Labute approximate surface area is 115 Å². The van der Waals surface area contributed by atoms with E-state index in [-0.39, 0.29) is 18.3 Å². The third kappa shape index (κ3) is 2.78. The number of esters is 1. The number of aromatic nitrogens is 3. The van der Waals surface area contributed by atoms with Gasteiger partial charge < -0.3 is 14.0 Å². The summed E-state index contributed by atoms with van der Waals surface area (Å²) in [6.45, 7) is 0.422. The van der Waals surface area contributed by atoms with Crippen LogP contribution in [0.15, 0.2) is 12.1 Å². The molecule has 0 fully saturated rings. The smallest absolute Gasteiger partial charge is 0.307 e. The van der Waals surface area contributed by atoms with Crippen LogP contribution in [0.25, 0.3) is 11.2 Å². The van der Waals surface area contributed by atoms with Crippen molar-refractivity contribution in [2.45, 2.75) is 18.8 Å². The first-order valence-corrected chi connectivity index (χ1v) is 6.26. The summed E-state index contributed by atoms with van der Waals surface area (Å²) >= 11 is 5.87. The van der Waals surface area contributed by atoms with Gasteiger partial charge in [-0.1, -0.05) is 0 Å². The number of imidazole rings is 1. The predicted molar refractivity (Wildman–Crippen MR) is 70.3 cm³/mol. The van der Waals surface area contributed by atoms with Crippen molar-refractivity contribution in [2.24, 2.45) is 0 Å². The lowest BCUT2D eigenvalue weighted by molar-refractivity contribution is -0.140. The largest absolute Gasteiger partial charge is 0.481 e. The Bertz CT molecular complexity index is 597. The van der Waals surface area contributed by atoms with E-state index in [1.165, 1.54) is 7.11 Å². The van der Waals surface area contributed by atoms with Gasteiger partial charge in [0.25, 0.3) is 0 Å². The topological polar surface area (TPSA) is 66.2 Å². The molecular formula is C12H14ClN3O3. The molecule has 0 aliphatic rings. The fourth-order valence-corrected chi connectivity index (χ4v) is 1.99. The van der Waals surface area contributed by atoms with E-state index in [2.05, 4.69) is 14.7 Å². The molecule has 0 saturated heterocycles. The SMILES string of the molecule is COC(=O)CCn1c(CCl)nc2ccc(OC)nc21. The maximum absolute atomic E-state index is 11.2. The van der Waals surface area contributed by atoms with Gasteiger partial charge in [0.05, 0.1) is 26.5 Å². The van der Waals surface area contributed by atoms with E-state index in [0.29, 0.717) is 23.9 Å². The summed E-state index contributed by atoms with van der Waals surface area (Å²) < 4.78 is 11.5. The molecule has 2 rings (SSSR count). The summed E-state index contributed by atoms with van der Waals surface area (Å²) in [5, 5.41) is 0. The number of aryl methyl sites for hydroxylation is 1. The Kier molecular flexibility index (Phi) is 4.21. The van der Waals surface area contributed by atoms with Crippen molar-refractivity contribution in [2.75, 3.05) is 14.2 Å². The Morgan fingerprint density at radius 1 is 1.37 bits per heavy atom. The minimum Gasteiger partial charge on any atom is -0.481 e. The number of fused-ring (bicyclic) bond motifs is 1. The van der Waals surface area contributed by atoms with E-state index in [4.69, 9.17) is 16.3 Å². The highest BCUT2D eigenvalue weighted by atomic mass is 35.5. The molecule has 0 bridgehead atoms. The van der Waals surface area contributed by atoms with Crippen molar-refractivity contribution in [1.82, 2.24) is 14.5 Å². The number of rotatable bonds is 5. The number of hydrogen-bond donors (Lipinski definition) is 0. The number of alkyl halides is 1. The molecule has 0 unspecified atom stereocenters. The van der Waals surface area contributed by atoms with Gasteiger partial charge in [-0.05, 0) is 6.07 Å². The van der Waals surface area contributed by atoms with Crippen LogP contribution in [0.1, 0.15) is 12.2 Å². The molecule has 0 atom stereocenters. The molecule has 0 aromatic carbocycles. The van der Waals surface area contributed by atoms with Gasteiger partial charge in [-0.15, -0.1) is 11.6 Å². The van der Waals surface area contributed by atoms with Crippen LogP contribution in [0.5, 0.6) is 5.88 Å². The molecule has 19 heavy (non-hydrogen) atoms. The average molecular weight is 284 g/mol. The van der Waals surface area contributed by atoms with Gasteiger partial charge in [-0.25, -0.2) is 4.98 Å². The zero-order valence-electron chi connectivity index (χ0n) is 10.7. The maximum Gasteiger partial charge on any atom is 0.307 e. The molecule has 2 aromatic heterocycles. The minimum atomic E-state index is -0.287. The number of nitrogens with zero attached hydrogens (tertiary/aromatic N) is 3. The highest BCUT2D eigenvalue weighted by Crippen LogP contribution is 2.19. The van der Waals surface area contributed by atoms with Crippen molar-refractivity contribution in [3.63, 3.8) is 0 Å². The van der Waals surface area contributed by atoms with Crippen LogP contribution in [0.3, 0.4) is 0 Å². The Hall–Kier alpha value is -1.82. The number of pyridine rings is 1. The summed E-state index contributed by atoms with van der Waals surface area (Å²) in [5.74, 6) is 1.12. The van der Waals surface area contributed by atoms with Gasteiger partial charge in [0.1, 0.15) is 11.3 Å². The molecule has 0 aliphatic heterocycles. The van der Waals surface area contributed by atoms with Crippen LogP contribution in [-0.2, 0) is 22.0 Å². The van der Waals surface area contributed by atoms with E-state index in [9.17, 15) is 4.79 Å². The monoisotopic (exact) mass is 283 g/mol. The molecule has 7 heteroatoms. The van der Waals surface area contributed by atoms with E-state index in [0.717, 1.165) is 5.52 Å². The summed E-state index contributed by atoms with van der Waals surface area (Å²) in [5.41, 5.74) is 1.38. The molecule has 0 radical (unpaired) electrons. The van der Waals surface area contributed by atoms with Gasteiger partial charge in [-0.3, -0.25) is 4.79 Å². The molecule has 6 nitrogen and oxygen atoms in total. The molecule has 0 saturated carbocycles. The van der Waals surface area contributed by atoms with Crippen molar-refractivity contribution in [1.29, 1.82) is 0 Å². The van der Waals surface area contributed by atoms with Crippen LogP contribution < -0.4 is 4.74 Å². The molecule has 0 spiro atoms. The zero-order valence-corrected chi connectivity index (χ0v) is 11.5. The second kappa shape index (κ2) is 5.88. The summed E-state index contributed by atoms with van der Waals surface area (Å²) in [4.78, 5) is 19.9. The lowest BCUT2D eigenvalue weighted by Crippen LogP contribution is -2.09. The van der Waals surface area contributed by atoms with E-state index in [1.807, 2.05) is 10.6 Å². The number of halogens is 1. The molecule has 2 aromatic rings. The Balaban J connectivity index is 2.40. The number of ether oxygens (including phenoxy) is 2. The Morgan fingerprint density at radius 2 is 2.16 bits per heavy atom. The van der Waals surface area contributed by atoms with Gasteiger partial charge in [0, 0.05) is 12.6 Å². The number of carbonyl (C=O) groups is 1. The highest BCUT2D eigenvalue weighted by molar-refractivity contribution is 6.16. The molecule has 2 heterocycles. The summed E-state index contributed by atoms with van der Waals surface area (Å²) in [6.07, 6.45) is 0.241. The van der Waals surface area contributed by atoms with Gasteiger partial charge >= 0.3 is 5.97 Å². The molecule has 102 valence electrons. The van der Waals surface area contributed by atoms with Gasteiger partial charge in [0.15, 0.2) is 5.65 Å². The highest BCUT2D eigenvalue weighted by Gasteiger charge is 2.13. The second-order valence-electron chi connectivity index (χ2n) is 3.84. The fourth-order valence-electron chi connectivity index (χ4n) is 1.79. The van der Waals surface area contributed by atoms with Gasteiger partial charge in [0.2, 0.25) is 5.88 Å². The van der Waals surface area contributed by atoms with E-state index >= 15 is 0 Å². The first-order valence-electron chi connectivity index (χ1n) is 5.72. The van der Waals surface area contributed by atoms with Crippen molar-refractivity contribution < 1.29 is 14.3 Å². The van der Waals surface area contributed by atoms with Crippen molar-refractivity contribution >= 4 is 28.7 Å². The molecule has 0 amide bonds. The summed E-state index contributed by atoms with van der Waals surface area (Å²) in [7, 11) is 2.91. The quantitative estimate of drug-likeness (QED) is 0.618. The van der Waals surface area contributed by atoms with Crippen molar-refractivity contribution in [3.05, 3.63) is 18.0 Å². The van der Waals surface area contributed by atoms with E-state index < -0.39 is 0 Å². The fraction of sp³-hybridized carbons (Fsp3) is 0.417. The molecule has 0 aliphatic carbocycles. The van der Waals surface area contributed by atoms with Crippen LogP contribution in [-0.4, -0.2) is 34.7 Å². The van der Waals surface area contributed by atoms with Gasteiger partial charge in [-0.2, -0.15) is 4.98 Å². The van der Waals surface area contributed by atoms with Crippen molar-refractivity contribution in [3.8, 4) is 5.88 Å². The minimum absolute atomic E-state index is 0.241. The molecular weight excluding hydrogens is 270 g/mol. The molecule has 0 N–H and O–H groups in total. The lowest BCUT2D eigenvalue weighted by Gasteiger charge is -2.06. The third-order valence-corrected chi connectivity index (χ3v) is 2.98. The normalized spacial score (nSPS) is 10.7. The van der Waals surface area contributed by atoms with Crippen LogP contribution >= 0.6 is 11.6 Å².